The van der Waals surface area contributed by atoms with Crippen molar-refractivity contribution >= 4 is 8.07 Å². The second kappa shape index (κ2) is 17.2. The minimum Gasteiger partial charge on any atom is -0.381 e. The molecule has 0 aromatic rings. The third kappa shape index (κ3) is 23.6. The van der Waals surface area contributed by atoms with Crippen LogP contribution >= 0.6 is 0 Å². The minimum absolute atomic E-state index is 0.209. The van der Waals surface area contributed by atoms with E-state index in [0.29, 0.717) is 6.10 Å². The van der Waals surface area contributed by atoms with Gasteiger partial charge in [-0.3, -0.25) is 0 Å². The van der Waals surface area contributed by atoms with Crippen molar-refractivity contribution in [2.24, 2.45) is 0 Å². The maximum Gasteiger partial charge on any atom is 0.388 e. The molecule has 172 valence electrons. The molecule has 0 spiro atoms. The van der Waals surface area contributed by atoms with Crippen LogP contribution in [-0.4, -0.2) is 40.2 Å². The van der Waals surface area contributed by atoms with Crippen LogP contribution in [0.4, 0.5) is 13.2 Å². The van der Waals surface area contributed by atoms with Crippen molar-refractivity contribution in [3.63, 3.8) is 0 Å². The van der Waals surface area contributed by atoms with Gasteiger partial charge >= 0.3 is 6.18 Å². The number of halogens is 3. The van der Waals surface area contributed by atoms with E-state index < -0.39 is 20.7 Å². The third-order valence-corrected chi connectivity index (χ3v) is 7.04. The van der Waals surface area contributed by atoms with Gasteiger partial charge in [0.2, 0.25) is 0 Å². The molecule has 0 aromatic heterocycles. The fourth-order valence-corrected chi connectivity index (χ4v) is 4.52. The molecule has 0 aromatic carbocycles. The van der Waals surface area contributed by atoms with Gasteiger partial charge in [-0.25, -0.2) is 0 Å². The first-order valence-corrected chi connectivity index (χ1v) is 14.6. The van der Waals surface area contributed by atoms with Crippen LogP contribution in [0.15, 0.2) is 0 Å². The Bertz CT molecular complexity index is 440. The average molecular weight is 437 g/mol. The minimum atomic E-state index is -4.05. The first kappa shape index (κ1) is 28.5. The molecule has 0 amide bonds. The molecular weight excluding hydrogens is 393 g/mol. The molecule has 0 saturated heterocycles. The fourth-order valence-electron chi connectivity index (χ4n) is 2.88. The van der Waals surface area contributed by atoms with Crippen LogP contribution in [0.3, 0.4) is 0 Å². The Hall–Kier alpha value is -0.513. The Morgan fingerprint density at radius 2 is 1.34 bits per heavy atom. The van der Waals surface area contributed by atoms with Gasteiger partial charge < -0.3 is 9.47 Å². The summed E-state index contributed by atoms with van der Waals surface area (Å²) in [5.74, 6) is 3.13. The zero-order chi connectivity index (χ0) is 22.0. The lowest BCUT2D eigenvalue weighted by atomic mass is 10.1. The van der Waals surface area contributed by atoms with E-state index in [-0.39, 0.29) is 6.04 Å². The highest BCUT2D eigenvalue weighted by molar-refractivity contribution is 6.85. The van der Waals surface area contributed by atoms with Crippen molar-refractivity contribution in [3.8, 4) is 11.5 Å². The topological polar surface area (TPSA) is 18.5 Å². The molecule has 29 heavy (non-hydrogen) atoms. The van der Waals surface area contributed by atoms with E-state index in [1.54, 1.807) is 0 Å². The second-order valence-corrected chi connectivity index (χ2v) is 13.3. The molecule has 0 fully saturated rings. The monoisotopic (exact) mass is 436 g/mol. The summed E-state index contributed by atoms with van der Waals surface area (Å²) in [6, 6.07) is 0.209. The van der Waals surface area contributed by atoms with Crippen molar-refractivity contribution < 1.29 is 22.6 Å². The fraction of sp³-hybridized carbons (Fsp3) is 0.913. The predicted octanol–water partition coefficient (Wildman–Crippen LogP) is 7.53. The van der Waals surface area contributed by atoms with Crippen molar-refractivity contribution in [1.29, 1.82) is 0 Å². The number of unbranched alkanes of at least 4 members (excludes halogenated alkanes) is 8. The number of hydrogen-bond donors (Lipinski definition) is 0. The lowest BCUT2D eigenvalue weighted by Gasteiger charge is -2.15. The van der Waals surface area contributed by atoms with Crippen LogP contribution in [0.1, 0.15) is 84.5 Å². The van der Waals surface area contributed by atoms with Gasteiger partial charge in [0.1, 0.15) is 8.07 Å². The average Bonchev–Trinajstić information content (AvgIpc) is 2.62. The molecule has 0 unspecified atom stereocenters. The molecule has 0 N–H and O–H groups in total. The van der Waals surface area contributed by atoms with Gasteiger partial charge in [0.05, 0.1) is 6.10 Å². The van der Waals surface area contributed by atoms with E-state index in [2.05, 4.69) is 11.5 Å². The lowest BCUT2D eigenvalue weighted by Crippen LogP contribution is -2.26. The molecule has 0 aliphatic carbocycles. The quantitative estimate of drug-likeness (QED) is 0.133. The molecule has 0 bridgehead atoms. The summed E-state index contributed by atoms with van der Waals surface area (Å²) in [6.07, 6.45) is 6.94. The standard InChI is InChI=1S/C23H43F3O2Si/c1-22(2)28-19-15-18-27-17-13-11-9-7-5-6-8-10-12-14-20-29(3,4)21-16-23(24,25)26/h22H,5-13,15-19,21H2,1-4H3. The van der Waals surface area contributed by atoms with Crippen molar-refractivity contribution in [1.82, 2.24) is 0 Å². The van der Waals surface area contributed by atoms with E-state index >= 15 is 0 Å². The molecule has 2 nitrogen and oxygen atoms in total. The maximum absolute atomic E-state index is 12.3. The SMILES string of the molecule is CC(C)OCCCOCCCCCCCCCCC#C[Si](C)(C)CCC(F)(F)F. The van der Waals surface area contributed by atoms with E-state index in [9.17, 15) is 13.2 Å². The molecule has 0 rings (SSSR count). The Morgan fingerprint density at radius 3 is 1.93 bits per heavy atom. The van der Waals surface area contributed by atoms with Crippen LogP contribution < -0.4 is 0 Å². The van der Waals surface area contributed by atoms with E-state index in [4.69, 9.17) is 9.47 Å². The Labute approximate surface area is 178 Å². The van der Waals surface area contributed by atoms with Crippen LogP contribution in [0.2, 0.25) is 19.1 Å². The van der Waals surface area contributed by atoms with Crippen molar-refractivity contribution in [2.75, 3.05) is 19.8 Å². The Balaban J connectivity index is 3.38. The largest absolute Gasteiger partial charge is 0.388 e. The van der Waals surface area contributed by atoms with Gasteiger partial charge in [-0.2, -0.15) is 13.2 Å². The zero-order valence-electron chi connectivity index (χ0n) is 19.1. The van der Waals surface area contributed by atoms with E-state index in [0.717, 1.165) is 45.5 Å². The third-order valence-electron chi connectivity index (χ3n) is 4.68. The van der Waals surface area contributed by atoms with Gasteiger partial charge in [0, 0.05) is 32.7 Å². The highest BCUT2D eigenvalue weighted by Gasteiger charge is 2.31. The van der Waals surface area contributed by atoms with Gasteiger partial charge in [-0.15, -0.1) is 11.5 Å². The van der Waals surface area contributed by atoms with Gasteiger partial charge in [-0.1, -0.05) is 51.6 Å². The molecule has 0 aliphatic rings. The second-order valence-electron chi connectivity index (χ2n) is 8.76. The molecule has 6 heteroatoms. The normalized spacial score (nSPS) is 12.3. The zero-order valence-corrected chi connectivity index (χ0v) is 20.1. The summed E-state index contributed by atoms with van der Waals surface area (Å²) >= 11 is 0. The Kier molecular flexibility index (Phi) is 16.9. The predicted molar refractivity (Wildman–Crippen MR) is 119 cm³/mol. The maximum atomic E-state index is 12.3. The van der Waals surface area contributed by atoms with Crippen LogP contribution in [0, 0.1) is 11.5 Å². The molecule has 0 heterocycles. The highest BCUT2D eigenvalue weighted by Crippen LogP contribution is 2.25. The number of hydrogen-bond acceptors (Lipinski definition) is 2. The van der Waals surface area contributed by atoms with Crippen LogP contribution in [0.5, 0.6) is 0 Å². The molecule has 0 saturated carbocycles. The molecule has 0 atom stereocenters. The van der Waals surface area contributed by atoms with Gasteiger partial charge in [0.25, 0.3) is 0 Å². The first-order valence-electron chi connectivity index (χ1n) is 11.4. The number of ether oxygens (including phenoxy) is 2. The summed E-state index contributed by atoms with van der Waals surface area (Å²) in [5, 5.41) is 0. The number of rotatable bonds is 17. The molecular formula is C23H43F3O2Si. The van der Waals surface area contributed by atoms with Crippen molar-refractivity contribution in [2.45, 2.75) is 116 Å². The summed E-state index contributed by atoms with van der Waals surface area (Å²) in [6.45, 7) is 10.4. The number of alkyl halides is 3. The highest BCUT2D eigenvalue weighted by atomic mass is 28.3. The summed E-state index contributed by atoms with van der Waals surface area (Å²) in [4.78, 5) is 0. The van der Waals surface area contributed by atoms with Crippen molar-refractivity contribution in [3.05, 3.63) is 0 Å². The molecule has 0 radical (unpaired) electrons. The van der Waals surface area contributed by atoms with Crippen LogP contribution in [0.25, 0.3) is 0 Å². The summed E-state index contributed by atoms with van der Waals surface area (Å²) in [7, 11) is -2.02. The smallest absolute Gasteiger partial charge is 0.381 e. The van der Waals surface area contributed by atoms with E-state index in [1.807, 2.05) is 26.9 Å². The lowest BCUT2D eigenvalue weighted by molar-refractivity contribution is -0.130. The Morgan fingerprint density at radius 1 is 0.793 bits per heavy atom. The summed E-state index contributed by atoms with van der Waals surface area (Å²) < 4.78 is 48.0. The van der Waals surface area contributed by atoms with E-state index in [1.165, 1.54) is 38.5 Å². The van der Waals surface area contributed by atoms with Crippen LogP contribution in [-0.2, 0) is 9.47 Å². The van der Waals surface area contributed by atoms with Gasteiger partial charge in [-0.05, 0) is 39.2 Å². The first-order chi connectivity index (χ1) is 13.6. The van der Waals surface area contributed by atoms with Gasteiger partial charge in [0.15, 0.2) is 0 Å². The summed E-state index contributed by atoms with van der Waals surface area (Å²) in [5.41, 5.74) is 3.15. The molecule has 0 aliphatic heterocycles.